The highest BCUT2D eigenvalue weighted by atomic mass is 16.5. The van der Waals surface area contributed by atoms with Crippen molar-refractivity contribution in [1.82, 2.24) is 15.0 Å². The summed E-state index contributed by atoms with van der Waals surface area (Å²) in [5.74, 6) is 1.32. The second-order valence-corrected chi connectivity index (χ2v) is 5.83. The highest BCUT2D eigenvalue weighted by Crippen LogP contribution is 2.18. The molecule has 112 valence electrons. The minimum absolute atomic E-state index is 0.243. The Labute approximate surface area is 124 Å². The van der Waals surface area contributed by atoms with Crippen LogP contribution in [0.3, 0.4) is 0 Å². The molecule has 0 N–H and O–H groups in total. The summed E-state index contributed by atoms with van der Waals surface area (Å²) in [5, 5.41) is 4.09. The van der Waals surface area contributed by atoms with E-state index in [-0.39, 0.29) is 12.2 Å². The number of hydrogen-bond acceptors (Lipinski definition) is 5. The lowest BCUT2D eigenvalue weighted by Crippen LogP contribution is -2.44. The van der Waals surface area contributed by atoms with E-state index in [1.165, 1.54) is 5.56 Å². The van der Waals surface area contributed by atoms with Crippen LogP contribution in [0.1, 0.15) is 25.3 Å². The van der Waals surface area contributed by atoms with E-state index >= 15 is 0 Å². The lowest BCUT2D eigenvalue weighted by molar-refractivity contribution is -0.0725. The molecule has 1 aliphatic rings. The van der Waals surface area contributed by atoms with Crippen molar-refractivity contribution >= 4 is 0 Å². The van der Waals surface area contributed by atoms with Crippen LogP contribution in [0.15, 0.2) is 28.8 Å². The number of aromatic nitrogens is 2. The third-order valence-electron chi connectivity index (χ3n) is 3.60. The molecule has 0 spiro atoms. The van der Waals surface area contributed by atoms with Crippen molar-refractivity contribution in [3.8, 4) is 11.4 Å². The van der Waals surface area contributed by atoms with E-state index in [4.69, 9.17) is 9.26 Å². The van der Waals surface area contributed by atoms with E-state index in [1.54, 1.807) is 0 Å². The lowest BCUT2D eigenvalue weighted by Gasteiger charge is -2.34. The third kappa shape index (κ3) is 3.49. The maximum absolute atomic E-state index is 5.73. The first-order valence-electron chi connectivity index (χ1n) is 7.37. The van der Waals surface area contributed by atoms with Crippen LogP contribution in [0.5, 0.6) is 0 Å². The average Bonchev–Trinajstić information content (AvgIpc) is 2.86. The maximum Gasteiger partial charge on any atom is 0.241 e. The Kier molecular flexibility index (Phi) is 4.03. The van der Waals surface area contributed by atoms with Gasteiger partial charge in [0.25, 0.3) is 0 Å². The van der Waals surface area contributed by atoms with Crippen LogP contribution in [0.4, 0.5) is 0 Å². The van der Waals surface area contributed by atoms with Crippen LogP contribution < -0.4 is 0 Å². The Morgan fingerprint density at radius 3 is 2.71 bits per heavy atom. The molecule has 1 fully saturated rings. The first-order valence-corrected chi connectivity index (χ1v) is 7.37. The van der Waals surface area contributed by atoms with Crippen molar-refractivity contribution in [3.05, 3.63) is 35.7 Å². The number of rotatable bonds is 3. The van der Waals surface area contributed by atoms with Gasteiger partial charge in [-0.15, -0.1) is 0 Å². The Hall–Kier alpha value is -1.72. The van der Waals surface area contributed by atoms with Gasteiger partial charge in [0.2, 0.25) is 11.7 Å². The number of aryl methyl sites for hydroxylation is 1. The number of benzene rings is 1. The third-order valence-corrected chi connectivity index (χ3v) is 3.60. The van der Waals surface area contributed by atoms with Gasteiger partial charge >= 0.3 is 0 Å². The lowest BCUT2D eigenvalue weighted by atomic mass is 10.1. The number of hydrogen-bond donors (Lipinski definition) is 0. The molecular formula is C16H21N3O2. The van der Waals surface area contributed by atoms with E-state index in [0.29, 0.717) is 18.3 Å². The van der Waals surface area contributed by atoms with E-state index in [0.717, 1.165) is 18.7 Å². The molecule has 2 atom stereocenters. The Morgan fingerprint density at radius 2 is 2.00 bits per heavy atom. The van der Waals surface area contributed by atoms with E-state index in [1.807, 2.05) is 12.1 Å². The molecule has 1 aliphatic heterocycles. The van der Waals surface area contributed by atoms with Gasteiger partial charge in [0.1, 0.15) is 0 Å². The van der Waals surface area contributed by atoms with Crippen LogP contribution in [-0.2, 0) is 11.3 Å². The van der Waals surface area contributed by atoms with Gasteiger partial charge < -0.3 is 9.26 Å². The normalized spacial score (nSPS) is 23.4. The van der Waals surface area contributed by atoms with Crippen molar-refractivity contribution in [3.63, 3.8) is 0 Å². The Balaban J connectivity index is 1.70. The van der Waals surface area contributed by atoms with Crippen LogP contribution >= 0.6 is 0 Å². The van der Waals surface area contributed by atoms with Crippen molar-refractivity contribution < 1.29 is 9.26 Å². The smallest absolute Gasteiger partial charge is 0.241 e. The SMILES string of the molecule is Cc1cccc(-c2noc(CN3C[C@@H](C)O[C@@H](C)C3)n2)c1. The topological polar surface area (TPSA) is 51.4 Å². The highest BCUT2D eigenvalue weighted by Gasteiger charge is 2.23. The van der Waals surface area contributed by atoms with Gasteiger partial charge in [-0.3, -0.25) is 4.90 Å². The van der Waals surface area contributed by atoms with E-state index in [2.05, 4.69) is 47.9 Å². The van der Waals surface area contributed by atoms with Crippen LogP contribution in [0.2, 0.25) is 0 Å². The second-order valence-electron chi connectivity index (χ2n) is 5.83. The van der Waals surface area contributed by atoms with Gasteiger partial charge in [0.15, 0.2) is 0 Å². The van der Waals surface area contributed by atoms with Crippen LogP contribution in [0, 0.1) is 6.92 Å². The molecule has 0 aliphatic carbocycles. The summed E-state index contributed by atoms with van der Waals surface area (Å²) in [5.41, 5.74) is 2.18. The number of nitrogens with zero attached hydrogens (tertiary/aromatic N) is 3. The zero-order chi connectivity index (χ0) is 14.8. The summed E-state index contributed by atoms with van der Waals surface area (Å²) >= 11 is 0. The molecule has 5 heteroatoms. The molecule has 3 rings (SSSR count). The summed E-state index contributed by atoms with van der Waals surface area (Å²) in [4.78, 5) is 6.80. The molecule has 0 bridgehead atoms. The van der Waals surface area contributed by atoms with Crippen LogP contribution in [-0.4, -0.2) is 40.3 Å². The molecule has 21 heavy (non-hydrogen) atoms. The fourth-order valence-electron chi connectivity index (χ4n) is 2.83. The molecule has 0 radical (unpaired) electrons. The highest BCUT2D eigenvalue weighted by molar-refractivity contribution is 5.55. The van der Waals surface area contributed by atoms with Gasteiger partial charge in [0.05, 0.1) is 18.8 Å². The molecular weight excluding hydrogens is 266 g/mol. The van der Waals surface area contributed by atoms with Gasteiger partial charge in [-0.2, -0.15) is 4.98 Å². The number of morpholine rings is 1. The molecule has 5 nitrogen and oxygen atoms in total. The summed E-state index contributed by atoms with van der Waals surface area (Å²) in [6.07, 6.45) is 0.487. The van der Waals surface area contributed by atoms with Crippen molar-refractivity contribution in [2.24, 2.45) is 0 Å². The largest absolute Gasteiger partial charge is 0.373 e. The second kappa shape index (κ2) is 5.95. The fourth-order valence-corrected chi connectivity index (χ4v) is 2.83. The van der Waals surface area contributed by atoms with Gasteiger partial charge in [-0.25, -0.2) is 0 Å². The zero-order valence-corrected chi connectivity index (χ0v) is 12.7. The van der Waals surface area contributed by atoms with Crippen molar-refractivity contribution in [2.45, 2.75) is 39.5 Å². The quantitative estimate of drug-likeness (QED) is 0.868. The predicted octanol–water partition coefficient (Wildman–Crippen LogP) is 2.65. The predicted molar refractivity (Wildman–Crippen MR) is 79.8 cm³/mol. The minimum atomic E-state index is 0.243. The van der Waals surface area contributed by atoms with E-state index in [9.17, 15) is 0 Å². The first kappa shape index (κ1) is 14.2. The Morgan fingerprint density at radius 1 is 1.24 bits per heavy atom. The van der Waals surface area contributed by atoms with Crippen molar-refractivity contribution in [2.75, 3.05) is 13.1 Å². The number of ether oxygens (including phenoxy) is 1. The van der Waals surface area contributed by atoms with Crippen LogP contribution in [0.25, 0.3) is 11.4 Å². The summed E-state index contributed by atoms with van der Waals surface area (Å²) in [7, 11) is 0. The van der Waals surface area contributed by atoms with Gasteiger partial charge in [-0.1, -0.05) is 28.9 Å². The first-order chi connectivity index (χ1) is 10.1. The molecule has 1 aromatic heterocycles. The Bertz CT molecular complexity index is 601. The maximum atomic E-state index is 5.73. The van der Waals surface area contributed by atoms with E-state index < -0.39 is 0 Å². The summed E-state index contributed by atoms with van der Waals surface area (Å²) < 4.78 is 11.1. The summed E-state index contributed by atoms with van der Waals surface area (Å²) in [6.45, 7) is 8.71. The molecule has 0 amide bonds. The fraction of sp³-hybridized carbons (Fsp3) is 0.500. The summed E-state index contributed by atoms with van der Waals surface area (Å²) in [6, 6.07) is 8.13. The minimum Gasteiger partial charge on any atom is -0.373 e. The van der Waals surface area contributed by atoms with Crippen molar-refractivity contribution in [1.29, 1.82) is 0 Å². The monoisotopic (exact) mass is 287 g/mol. The van der Waals surface area contributed by atoms with Gasteiger partial charge in [-0.05, 0) is 26.8 Å². The standard InChI is InChI=1S/C16H21N3O2/c1-11-5-4-6-14(7-11)16-17-15(21-18-16)10-19-8-12(2)20-13(3)9-19/h4-7,12-13H,8-10H2,1-3H3/t12-,13+. The molecule has 1 saturated heterocycles. The molecule has 0 saturated carbocycles. The zero-order valence-electron chi connectivity index (χ0n) is 12.7. The molecule has 0 unspecified atom stereocenters. The molecule has 2 aromatic rings. The average molecular weight is 287 g/mol. The van der Waals surface area contributed by atoms with Gasteiger partial charge in [0, 0.05) is 18.7 Å². The molecule has 1 aromatic carbocycles. The molecule has 2 heterocycles.